The van der Waals surface area contributed by atoms with Crippen LogP contribution in [0.5, 0.6) is 0 Å². The predicted octanol–water partition coefficient (Wildman–Crippen LogP) is 1.98. The average Bonchev–Trinajstić information content (AvgIpc) is 2.87. The smallest absolute Gasteiger partial charge is 0.184 e. The van der Waals surface area contributed by atoms with Crippen molar-refractivity contribution in [2.24, 2.45) is 5.73 Å². The standard InChI is InChI=1S/C11H19N3S/c1-14(2)10-13-7-9(15-10)11(8-12)5-3-4-6-11/h7H,3-6,8,12H2,1-2H3. The average molecular weight is 225 g/mol. The first-order chi connectivity index (χ1) is 7.18. The van der Waals surface area contributed by atoms with Crippen LogP contribution in [0.3, 0.4) is 0 Å². The second-order valence-electron chi connectivity index (χ2n) is 4.59. The van der Waals surface area contributed by atoms with Crippen LogP contribution >= 0.6 is 11.3 Å². The highest BCUT2D eigenvalue weighted by Crippen LogP contribution is 2.43. The molecule has 0 radical (unpaired) electrons. The second-order valence-corrected chi connectivity index (χ2v) is 5.60. The molecular formula is C11H19N3S. The van der Waals surface area contributed by atoms with Crippen LogP contribution in [0, 0.1) is 0 Å². The Bertz CT molecular complexity index is 326. The molecule has 1 heterocycles. The normalized spacial score (nSPS) is 19.4. The maximum atomic E-state index is 5.95. The zero-order chi connectivity index (χ0) is 10.9. The summed E-state index contributed by atoms with van der Waals surface area (Å²) in [5.74, 6) is 0. The van der Waals surface area contributed by atoms with Gasteiger partial charge in [0, 0.05) is 37.1 Å². The number of nitrogens with zero attached hydrogens (tertiary/aromatic N) is 2. The minimum atomic E-state index is 0.242. The lowest BCUT2D eigenvalue weighted by molar-refractivity contribution is 0.461. The largest absolute Gasteiger partial charge is 0.354 e. The van der Waals surface area contributed by atoms with Crippen molar-refractivity contribution in [3.63, 3.8) is 0 Å². The van der Waals surface area contributed by atoms with Crippen LogP contribution in [0.1, 0.15) is 30.6 Å². The van der Waals surface area contributed by atoms with Gasteiger partial charge in [-0.05, 0) is 12.8 Å². The molecule has 15 heavy (non-hydrogen) atoms. The Hall–Kier alpha value is -0.610. The van der Waals surface area contributed by atoms with Gasteiger partial charge in [0.2, 0.25) is 0 Å². The maximum Gasteiger partial charge on any atom is 0.184 e. The molecule has 0 bridgehead atoms. The fourth-order valence-electron chi connectivity index (χ4n) is 2.32. The monoisotopic (exact) mass is 225 g/mol. The number of aromatic nitrogens is 1. The summed E-state index contributed by atoms with van der Waals surface area (Å²) < 4.78 is 0. The SMILES string of the molecule is CN(C)c1ncc(C2(CN)CCCC2)s1. The van der Waals surface area contributed by atoms with Crippen molar-refractivity contribution in [3.05, 3.63) is 11.1 Å². The predicted molar refractivity (Wildman–Crippen MR) is 65.6 cm³/mol. The molecule has 1 aliphatic rings. The zero-order valence-corrected chi connectivity index (χ0v) is 10.3. The maximum absolute atomic E-state index is 5.95. The van der Waals surface area contributed by atoms with Crippen LogP contribution in [0.2, 0.25) is 0 Å². The van der Waals surface area contributed by atoms with Crippen LogP contribution in [-0.4, -0.2) is 25.6 Å². The van der Waals surface area contributed by atoms with E-state index in [1.54, 1.807) is 11.3 Å². The van der Waals surface area contributed by atoms with Crippen molar-refractivity contribution in [3.8, 4) is 0 Å². The van der Waals surface area contributed by atoms with Crippen molar-refractivity contribution < 1.29 is 0 Å². The first kappa shape index (κ1) is 10.9. The zero-order valence-electron chi connectivity index (χ0n) is 9.49. The Kier molecular flexibility index (Phi) is 2.98. The topological polar surface area (TPSA) is 42.2 Å². The lowest BCUT2D eigenvalue weighted by Gasteiger charge is -2.25. The highest BCUT2D eigenvalue weighted by Gasteiger charge is 2.36. The summed E-state index contributed by atoms with van der Waals surface area (Å²) in [6.07, 6.45) is 7.12. The highest BCUT2D eigenvalue weighted by atomic mass is 32.1. The number of hydrogen-bond acceptors (Lipinski definition) is 4. The summed E-state index contributed by atoms with van der Waals surface area (Å²) >= 11 is 1.80. The minimum absolute atomic E-state index is 0.242. The number of hydrogen-bond donors (Lipinski definition) is 1. The molecule has 3 nitrogen and oxygen atoms in total. The molecule has 0 aliphatic heterocycles. The Labute approximate surface area is 95.3 Å². The third-order valence-electron chi connectivity index (χ3n) is 3.35. The first-order valence-electron chi connectivity index (χ1n) is 5.52. The first-order valence-corrected chi connectivity index (χ1v) is 6.33. The molecule has 84 valence electrons. The van der Waals surface area contributed by atoms with Crippen molar-refractivity contribution in [1.82, 2.24) is 4.98 Å². The fraction of sp³-hybridized carbons (Fsp3) is 0.727. The van der Waals surface area contributed by atoms with E-state index in [1.807, 2.05) is 20.3 Å². The van der Waals surface area contributed by atoms with Crippen LogP contribution in [-0.2, 0) is 5.41 Å². The molecule has 0 unspecified atom stereocenters. The molecular weight excluding hydrogens is 206 g/mol. The summed E-state index contributed by atoms with van der Waals surface area (Å²) in [4.78, 5) is 7.89. The minimum Gasteiger partial charge on any atom is -0.354 e. The van der Waals surface area contributed by atoms with Gasteiger partial charge >= 0.3 is 0 Å². The van der Waals surface area contributed by atoms with E-state index < -0.39 is 0 Å². The molecule has 2 rings (SSSR count). The van der Waals surface area contributed by atoms with Crippen molar-refractivity contribution >= 4 is 16.5 Å². The van der Waals surface area contributed by atoms with E-state index in [4.69, 9.17) is 5.73 Å². The van der Waals surface area contributed by atoms with Gasteiger partial charge in [-0.2, -0.15) is 0 Å². The quantitative estimate of drug-likeness (QED) is 0.855. The Morgan fingerprint density at radius 1 is 1.47 bits per heavy atom. The summed E-state index contributed by atoms with van der Waals surface area (Å²) in [6, 6.07) is 0. The van der Waals surface area contributed by atoms with E-state index in [1.165, 1.54) is 30.6 Å². The third-order valence-corrected chi connectivity index (χ3v) is 4.76. The third kappa shape index (κ3) is 1.88. The van der Waals surface area contributed by atoms with E-state index in [0.29, 0.717) is 0 Å². The second kappa shape index (κ2) is 4.10. The van der Waals surface area contributed by atoms with E-state index in [-0.39, 0.29) is 5.41 Å². The van der Waals surface area contributed by atoms with Gasteiger partial charge in [0.05, 0.1) is 0 Å². The number of thiazole rings is 1. The van der Waals surface area contributed by atoms with Crippen molar-refractivity contribution in [1.29, 1.82) is 0 Å². The van der Waals surface area contributed by atoms with E-state index >= 15 is 0 Å². The van der Waals surface area contributed by atoms with Gasteiger partial charge in [-0.25, -0.2) is 4.98 Å². The molecule has 0 amide bonds. The molecule has 0 spiro atoms. The highest BCUT2D eigenvalue weighted by molar-refractivity contribution is 7.15. The lowest BCUT2D eigenvalue weighted by atomic mass is 9.85. The van der Waals surface area contributed by atoms with Gasteiger partial charge < -0.3 is 10.6 Å². The Morgan fingerprint density at radius 2 is 2.13 bits per heavy atom. The summed E-state index contributed by atoms with van der Waals surface area (Å²) in [5, 5.41) is 1.09. The van der Waals surface area contributed by atoms with Gasteiger partial charge in [-0.1, -0.05) is 12.8 Å². The van der Waals surface area contributed by atoms with Gasteiger partial charge in [0.15, 0.2) is 5.13 Å². The van der Waals surface area contributed by atoms with Crippen molar-refractivity contribution in [2.45, 2.75) is 31.1 Å². The van der Waals surface area contributed by atoms with E-state index in [9.17, 15) is 0 Å². The molecule has 1 aromatic heterocycles. The van der Waals surface area contributed by atoms with Crippen LogP contribution < -0.4 is 10.6 Å². The Balaban J connectivity index is 2.27. The molecule has 0 saturated heterocycles. The molecule has 0 atom stereocenters. The van der Waals surface area contributed by atoms with Crippen LogP contribution in [0.15, 0.2) is 6.20 Å². The van der Waals surface area contributed by atoms with Crippen LogP contribution in [0.4, 0.5) is 5.13 Å². The molecule has 0 aromatic carbocycles. The summed E-state index contributed by atoms with van der Waals surface area (Å²) in [6.45, 7) is 0.766. The van der Waals surface area contributed by atoms with Gasteiger partial charge in [-0.3, -0.25) is 0 Å². The number of rotatable bonds is 3. The fourth-order valence-corrected chi connectivity index (χ4v) is 3.41. The van der Waals surface area contributed by atoms with E-state index in [2.05, 4.69) is 9.88 Å². The molecule has 1 fully saturated rings. The van der Waals surface area contributed by atoms with Gasteiger partial charge in [-0.15, -0.1) is 11.3 Å². The number of nitrogens with two attached hydrogens (primary N) is 1. The molecule has 2 N–H and O–H groups in total. The summed E-state index contributed by atoms with van der Waals surface area (Å²) in [7, 11) is 4.07. The van der Waals surface area contributed by atoms with Gasteiger partial charge in [0.1, 0.15) is 0 Å². The van der Waals surface area contributed by atoms with Crippen molar-refractivity contribution in [2.75, 3.05) is 25.5 Å². The van der Waals surface area contributed by atoms with Gasteiger partial charge in [0.25, 0.3) is 0 Å². The number of anilines is 1. The molecule has 1 aliphatic carbocycles. The Morgan fingerprint density at radius 3 is 2.60 bits per heavy atom. The van der Waals surface area contributed by atoms with E-state index in [0.717, 1.165) is 11.7 Å². The summed E-state index contributed by atoms with van der Waals surface area (Å²) in [5.41, 5.74) is 6.19. The van der Waals surface area contributed by atoms with Crippen LogP contribution in [0.25, 0.3) is 0 Å². The lowest BCUT2D eigenvalue weighted by Crippen LogP contribution is -2.30. The molecule has 4 heteroatoms. The molecule has 1 saturated carbocycles. The molecule has 1 aromatic rings.